The van der Waals surface area contributed by atoms with Gasteiger partial charge in [0.15, 0.2) is 0 Å². The molecule has 2 heteroatoms. The maximum absolute atomic E-state index is 5.14. The lowest BCUT2D eigenvalue weighted by Gasteiger charge is -2.19. The quantitative estimate of drug-likeness (QED) is 0.778. The van der Waals surface area contributed by atoms with Crippen molar-refractivity contribution in [1.29, 1.82) is 0 Å². The first kappa shape index (κ1) is 12.7. The Bertz CT molecular complexity index is 288. The van der Waals surface area contributed by atoms with Gasteiger partial charge in [-0.3, -0.25) is 0 Å². The van der Waals surface area contributed by atoms with E-state index in [0.29, 0.717) is 6.04 Å². The van der Waals surface area contributed by atoms with Crippen LogP contribution in [0.25, 0.3) is 0 Å². The molecule has 0 radical (unpaired) electrons. The minimum atomic E-state index is 0.623. The number of nitrogens with one attached hydrogen (secondary N) is 1. The van der Waals surface area contributed by atoms with Gasteiger partial charge in [-0.05, 0) is 43.4 Å². The van der Waals surface area contributed by atoms with Gasteiger partial charge in [-0.1, -0.05) is 32.6 Å². The Morgan fingerprint density at radius 3 is 2.88 bits per heavy atom. The van der Waals surface area contributed by atoms with Gasteiger partial charge in [-0.2, -0.15) is 0 Å². The van der Waals surface area contributed by atoms with E-state index in [1.165, 1.54) is 44.1 Å². The minimum Gasteiger partial charge on any atom is -0.472 e. The van der Waals surface area contributed by atoms with E-state index >= 15 is 0 Å². The fraction of sp³-hybridized carbons (Fsp3) is 0.733. The molecule has 96 valence electrons. The summed E-state index contributed by atoms with van der Waals surface area (Å²) in [5.74, 6) is 1.00. The van der Waals surface area contributed by atoms with Crippen LogP contribution < -0.4 is 5.32 Å². The van der Waals surface area contributed by atoms with E-state index in [4.69, 9.17) is 4.42 Å². The number of hydrogen-bond acceptors (Lipinski definition) is 2. The highest BCUT2D eigenvalue weighted by Crippen LogP contribution is 2.29. The summed E-state index contributed by atoms with van der Waals surface area (Å²) < 4.78 is 5.14. The molecule has 1 N–H and O–H groups in total. The molecule has 0 spiro atoms. The van der Waals surface area contributed by atoms with Crippen molar-refractivity contribution >= 4 is 0 Å². The van der Waals surface area contributed by atoms with E-state index in [1.54, 1.807) is 6.26 Å². The third-order valence-electron chi connectivity index (χ3n) is 3.95. The summed E-state index contributed by atoms with van der Waals surface area (Å²) in [5, 5.41) is 3.60. The zero-order chi connectivity index (χ0) is 11.9. The van der Waals surface area contributed by atoms with E-state index in [1.807, 2.05) is 6.26 Å². The Hall–Kier alpha value is -0.760. The third-order valence-corrected chi connectivity index (χ3v) is 3.95. The average molecular weight is 235 g/mol. The first-order valence-corrected chi connectivity index (χ1v) is 7.13. The van der Waals surface area contributed by atoms with Crippen LogP contribution in [0.3, 0.4) is 0 Å². The monoisotopic (exact) mass is 235 g/mol. The molecular weight excluding hydrogens is 210 g/mol. The van der Waals surface area contributed by atoms with Crippen LogP contribution in [0.2, 0.25) is 0 Å². The van der Waals surface area contributed by atoms with Gasteiger partial charge in [0.05, 0.1) is 12.5 Å². The summed E-state index contributed by atoms with van der Waals surface area (Å²) in [6, 6.07) is 2.71. The van der Waals surface area contributed by atoms with Crippen molar-refractivity contribution in [3.05, 3.63) is 24.2 Å². The molecule has 17 heavy (non-hydrogen) atoms. The lowest BCUT2D eigenvalue weighted by atomic mass is 9.96. The van der Waals surface area contributed by atoms with Crippen LogP contribution in [0.1, 0.15) is 51.0 Å². The van der Waals surface area contributed by atoms with Gasteiger partial charge in [0, 0.05) is 6.04 Å². The summed E-state index contributed by atoms with van der Waals surface area (Å²) in [6.07, 6.45) is 13.3. The van der Waals surface area contributed by atoms with Crippen molar-refractivity contribution < 1.29 is 4.42 Å². The molecule has 1 saturated carbocycles. The zero-order valence-electron chi connectivity index (χ0n) is 11.0. The molecule has 0 aliphatic heterocycles. The first-order chi connectivity index (χ1) is 8.38. The van der Waals surface area contributed by atoms with Crippen molar-refractivity contribution in [3.8, 4) is 0 Å². The van der Waals surface area contributed by atoms with Crippen LogP contribution in [0.4, 0.5) is 0 Å². The Labute approximate surface area is 105 Å². The summed E-state index contributed by atoms with van der Waals surface area (Å²) >= 11 is 0. The van der Waals surface area contributed by atoms with Crippen LogP contribution in [0.15, 0.2) is 23.0 Å². The molecule has 0 saturated heterocycles. The van der Waals surface area contributed by atoms with Gasteiger partial charge in [0.1, 0.15) is 0 Å². The SMILES string of the molecule is CCNC(CCC1CCCC1)Cc1ccoc1. The molecule has 1 heterocycles. The highest BCUT2D eigenvalue weighted by molar-refractivity contribution is 5.07. The normalized spacial score (nSPS) is 18.6. The predicted molar refractivity (Wildman–Crippen MR) is 71.1 cm³/mol. The van der Waals surface area contributed by atoms with Crippen LogP contribution >= 0.6 is 0 Å². The van der Waals surface area contributed by atoms with Gasteiger partial charge in [0.2, 0.25) is 0 Å². The van der Waals surface area contributed by atoms with Crippen LogP contribution in [0.5, 0.6) is 0 Å². The van der Waals surface area contributed by atoms with Gasteiger partial charge < -0.3 is 9.73 Å². The standard InChI is InChI=1S/C15H25NO/c1-2-16-15(11-14-9-10-17-12-14)8-7-13-5-3-4-6-13/h9-10,12-13,15-16H,2-8,11H2,1H3. The molecule has 0 bridgehead atoms. The van der Waals surface area contributed by atoms with Gasteiger partial charge in [0.25, 0.3) is 0 Å². The summed E-state index contributed by atoms with van der Waals surface area (Å²) in [6.45, 7) is 3.26. The molecule has 1 unspecified atom stereocenters. The van der Waals surface area contributed by atoms with E-state index in [9.17, 15) is 0 Å². The molecular formula is C15H25NO. The number of likely N-dealkylation sites (N-methyl/N-ethyl adjacent to an activating group) is 1. The van der Waals surface area contributed by atoms with Crippen LogP contribution in [-0.4, -0.2) is 12.6 Å². The average Bonchev–Trinajstić information content (AvgIpc) is 2.99. The molecule has 1 aliphatic carbocycles. The van der Waals surface area contributed by atoms with E-state index in [0.717, 1.165) is 18.9 Å². The smallest absolute Gasteiger partial charge is 0.0935 e. The Balaban J connectivity index is 1.75. The summed E-state index contributed by atoms with van der Waals surface area (Å²) in [4.78, 5) is 0. The van der Waals surface area contributed by atoms with E-state index in [-0.39, 0.29) is 0 Å². The zero-order valence-corrected chi connectivity index (χ0v) is 11.0. The summed E-state index contributed by atoms with van der Waals surface area (Å²) in [5.41, 5.74) is 1.32. The number of furan rings is 1. The second kappa shape index (κ2) is 6.85. The Kier molecular flexibility index (Phi) is 5.11. The van der Waals surface area contributed by atoms with Crippen LogP contribution in [0, 0.1) is 5.92 Å². The van der Waals surface area contributed by atoms with Crippen molar-refractivity contribution in [3.63, 3.8) is 0 Å². The molecule has 1 aromatic rings. The lowest BCUT2D eigenvalue weighted by molar-refractivity contribution is 0.406. The molecule has 1 aromatic heterocycles. The second-order valence-electron chi connectivity index (χ2n) is 5.32. The second-order valence-corrected chi connectivity index (χ2v) is 5.32. The van der Waals surface area contributed by atoms with E-state index < -0.39 is 0 Å². The fourth-order valence-electron chi connectivity index (χ4n) is 2.99. The molecule has 2 rings (SSSR count). The Morgan fingerprint density at radius 1 is 1.41 bits per heavy atom. The molecule has 1 aliphatic rings. The maximum Gasteiger partial charge on any atom is 0.0935 e. The molecule has 2 nitrogen and oxygen atoms in total. The largest absolute Gasteiger partial charge is 0.472 e. The number of hydrogen-bond donors (Lipinski definition) is 1. The van der Waals surface area contributed by atoms with E-state index in [2.05, 4.69) is 18.3 Å². The topological polar surface area (TPSA) is 25.2 Å². The van der Waals surface area contributed by atoms with Crippen molar-refractivity contribution in [2.45, 2.75) is 57.9 Å². The lowest BCUT2D eigenvalue weighted by Crippen LogP contribution is -2.31. The van der Waals surface area contributed by atoms with Crippen LogP contribution in [-0.2, 0) is 6.42 Å². The first-order valence-electron chi connectivity index (χ1n) is 7.13. The van der Waals surface area contributed by atoms with Crippen molar-refractivity contribution in [1.82, 2.24) is 5.32 Å². The van der Waals surface area contributed by atoms with Gasteiger partial charge in [-0.15, -0.1) is 0 Å². The predicted octanol–water partition coefficient (Wildman–Crippen LogP) is 3.77. The summed E-state index contributed by atoms with van der Waals surface area (Å²) in [7, 11) is 0. The molecule has 1 atom stereocenters. The minimum absolute atomic E-state index is 0.623. The maximum atomic E-state index is 5.14. The molecule has 0 aromatic carbocycles. The highest BCUT2D eigenvalue weighted by Gasteiger charge is 2.17. The fourth-order valence-corrected chi connectivity index (χ4v) is 2.99. The highest BCUT2D eigenvalue weighted by atomic mass is 16.3. The van der Waals surface area contributed by atoms with Gasteiger partial charge in [-0.25, -0.2) is 0 Å². The Morgan fingerprint density at radius 2 is 2.24 bits per heavy atom. The number of rotatable bonds is 7. The van der Waals surface area contributed by atoms with Crippen molar-refractivity contribution in [2.75, 3.05) is 6.54 Å². The third kappa shape index (κ3) is 4.19. The molecule has 1 fully saturated rings. The molecule has 0 amide bonds. The van der Waals surface area contributed by atoms with Crippen molar-refractivity contribution in [2.24, 2.45) is 5.92 Å². The van der Waals surface area contributed by atoms with Gasteiger partial charge >= 0.3 is 0 Å².